The van der Waals surface area contributed by atoms with Crippen LogP contribution in [0.15, 0.2) is 236 Å². The zero-order chi connectivity index (χ0) is 44.1. The fourth-order valence-corrected chi connectivity index (χ4v) is 11.7. The van der Waals surface area contributed by atoms with Crippen molar-refractivity contribution < 1.29 is 0 Å². The first-order chi connectivity index (χ1) is 32.6. The lowest BCUT2D eigenvalue weighted by Crippen LogP contribution is -2.28. The molecule has 1 nitrogen and oxygen atoms in total. The number of allylic oxidation sites excluding steroid dienone is 3. The first-order valence-corrected chi connectivity index (χ1v) is 23.9. The summed E-state index contributed by atoms with van der Waals surface area (Å²) in [5.74, 6) is 0. The summed E-state index contributed by atoms with van der Waals surface area (Å²) >= 11 is 0. The van der Waals surface area contributed by atoms with Crippen LogP contribution in [-0.2, 0) is 10.8 Å². The SMILES string of the molecule is CC1(c2ccc(-c3ccc4ccccc4c3)cc2)C=CC(N(c2ccc3c(c2)C2(CCCCC2)c2ccccc2-3)c2ccccc2-c2ccccc2-c2ccccc2-c2ccccc2)=CC1. The first kappa shape index (κ1) is 40.1. The molecule has 1 fully saturated rings. The van der Waals surface area contributed by atoms with Gasteiger partial charge in [0.2, 0.25) is 0 Å². The summed E-state index contributed by atoms with van der Waals surface area (Å²) in [5.41, 5.74) is 20.5. The van der Waals surface area contributed by atoms with Gasteiger partial charge >= 0.3 is 0 Å². The second kappa shape index (κ2) is 16.5. The molecule has 3 aliphatic carbocycles. The van der Waals surface area contributed by atoms with E-state index in [0.717, 1.165) is 6.42 Å². The Morgan fingerprint density at radius 3 is 1.74 bits per heavy atom. The minimum absolute atomic E-state index is 0.0491. The summed E-state index contributed by atoms with van der Waals surface area (Å²) in [6.07, 6.45) is 14.5. The standard InChI is InChI=1S/C65H53N/c1-64(51-34-32-47(33-35-51)50-31-30-46-18-6-7-21-49(46)44-50)42-38-52(39-43-64)66(53-36-37-59-58-26-12-14-28-61(58)65(62(59)45-53)40-16-3-17-41-65)63-29-15-13-27-60(63)57-25-11-10-24-56(57)55-23-9-8-22-54(55)48-19-4-2-5-20-48/h2,4-15,18-39,42,44-45H,3,16-17,40-41,43H2,1H3. The fourth-order valence-electron chi connectivity index (χ4n) is 11.7. The van der Waals surface area contributed by atoms with E-state index in [-0.39, 0.29) is 10.8 Å². The third kappa shape index (κ3) is 6.85. The number of fused-ring (bicyclic) bond motifs is 6. The lowest BCUT2D eigenvalue weighted by atomic mass is 9.68. The molecule has 12 rings (SSSR count). The van der Waals surface area contributed by atoms with Gasteiger partial charge in [-0.05, 0) is 127 Å². The maximum atomic E-state index is 2.57. The van der Waals surface area contributed by atoms with Gasteiger partial charge in [-0.25, -0.2) is 0 Å². The number of anilines is 2. The second-order valence-corrected chi connectivity index (χ2v) is 19.0. The van der Waals surface area contributed by atoms with Gasteiger partial charge in [0.1, 0.15) is 0 Å². The van der Waals surface area contributed by atoms with Crippen LogP contribution in [0.25, 0.3) is 66.4 Å². The van der Waals surface area contributed by atoms with Crippen molar-refractivity contribution in [1.82, 2.24) is 0 Å². The second-order valence-electron chi connectivity index (χ2n) is 19.0. The van der Waals surface area contributed by atoms with Crippen LogP contribution in [0, 0.1) is 0 Å². The van der Waals surface area contributed by atoms with E-state index in [4.69, 9.17) is 0 Å². The Hall–Kier alpha value is -7.48. The van der Waals surface area contributed by atoms with Gasteiger partial charge in [-0.3, -0.25) is 0 Å². The highest BCUT2D eigenvalue weighted by molar-refractivity contribution is 5.97. The molecular weight excluding hydrogens is 795 g/mol. The number of nitrogens with zero attached hydrogens (tertiary/aromatic N) is 1. The molecule has 0 bridgehead atoms. The maximum absolute atomic E-state index is 2.57. The molecule has 1 spiro atoms. The molecule has 0 amide bonds. The Morgan fingerprint density at radius 2 is 1.00 bits per heavy atom. The first-order valence-electron chi connectivity index (χ1n) is 23.9. The van der Waals surface area contributed by atoms with E-state index in [1.807, 2.05) is 0 Å². The van der Waals surface area contributed by atoms with Crippen molar-refractivity contribution in [2.75, 3.05) is 4.90 Å². The van der Waals surface area contributed by atoms with E-state index in [2.05, 4.69) is 242 Å². The molecule has 0 aliphatic heterocycles. The Morgan fingerprint density at radius 1 is 0.409 bits per heavy atom. The summed E-state index contributed by atoms with van der Waals surface area (Å²) in [6, 6.07) is 79.1. The minimum Gasteiger partial charge on any atom is -0.310 e. The molecule has 3 aliphatic rings. The van der Waals surface area contributed by atoms with Gasteiger partial charge in [0.15, 0.2) is 0 Å². The van der Waals surface area contributed by atoms with E-state index in [0.29, 0.717) is 0 Å². The smallest absolute Gasteiger partial charge is 0.0540 e. The molecule has 66 heavy (non-hydrogen) atoms. The van der Waals surface area contributed by atoms with Gasteiger partial charge in [-0.1, -0.05) is 226 Å². The van der Waals surface area contributed by atoms with E-state index >= 15 is 0 Å². The molecule has 1 heteroatoms. The van der Waals surface area contributed by atoms with Crippen LogP contribution in [0.1, 0.15) is 62.1 Å². The highest BCUT2D eigenvalue weighted by Crippen LogP contribution is 2.57. The summed E-state index contributed by atoms with van der Waals surface area (Å²) in [6.45, 7) is 2.39. The molecule has 1 atom stereocenters. The average Bonchev–Trinajstić information content (AvgIpc) is 3.65. The Balaban J connectivity index is 0.975. The normalized spacial score (nSPS) is 17.0. The molecular formula is C65H53N. The summed E-state index contributed by atoms with van der Waals surface area (Å²) in [5, 5.41) is 2.54. The van der Waals surface area contributed by atoms with Gasteiger partial charge in [-0.2, -0.15) is 0 Å². The monoisotopic (exact) mass is 847 g/mol. The van der Waals surface area contributed by atoms with Crippen molar-refractivity contribution >= 4 is 22.1 Å². The van der Waals surface area contributed by atoms with Gasteiger partial charge in [-0.15, -0.1) is 0 Å². The highest BCUT2D eigenvalue weighted by Gasteiger charge is 2.44. The third-order valence-electron chi connectivity index (χ3n) is 15.1. The zero-order valence-electron chi connectivity index (χ0n) is 37.6. The summed E-state index contributed by atoms with van der Waals surface area (Å²) < 4.78 is 0. The van der Waals surface area contributed by atoms with E-state index < -0.39 is 0 Å². The molecule has 9 aromatic rings. The van der Waals surface area contributed by atoms with Crippen molar-refractivity contribution in [3.63, 3.8) is 0 Å². The zero-order valence-corrected chi connectivity index (χ0v) is 37.6. The molecule has 1 saturated carbocycles. The van der Waals surface area contributed by atoms with Crippen molar-refractivity contribution in [3.05, 3.63) is 253 Å². The molecule has 0 radical (unpaired) electrons. The lowest BCUT2D eigenvalue weighted by Gasteiger charge is -2.37. The summed E-state index contributed by atoms with van der Waals surface area (Å²) in [4.78, 5) is 2.56. The predicted molar refractivity (Wildman–Crippen MR) is 279 cm³/mol. The number of hydrogen-bond donors (Lipinski definition) is 0. The Kier molecular flexibility index (Phi) is 10.0. The largest absolute Gasteiger partial charge is 0.310 e. The predicted octanol–water partition coefficient (Wildman–Crippen LogP) is 17.7. The van der Waals surface area contributed by atoms with Crippen LogP contribution in [0.5, 0.6) is 0 Å². The van der Waals surface area contributed by atoms with E-state index in [1.54, 1.807) is 0 Å². The van der Waals surface area contributed by atoms with E-state index in [1.165, 1.54) is 132 Å². The number of benzene rings is 9. The molecule has 0 saturated heterocycles. The topological polar surface area (TPSA) is 3.24 Å². The third-order valence-corrected chi connectivity index (χ3v) is 15.1. The molecule has 9 aromatic carbocycles. The molecule has 318 valence electrons. The molecule has 0 heterocycles. The van der Waals surface area contributed by atoms with Gasteiger partial charge in [0, 0.05) is 27.8 Å². The van der Waals surface area contributed by atoms with Crippen molar-refractivity contribution in [2.45, 2.75) is 56.3 Å². The van der Waals surface area contributed by atoms with Crippen molar-refractivity contribution in [2.24, 2.45) is 0 Å². The van der Waals surface area contributed by atoms with E-state index in [9.17, 15) is 0 Å². The van der Waals surface area contributed by atoms with Crippen LogP contribution in [-0.4, -0.2) is 0 Å². The number of rotatable bonds is 8. The summed E-state index contributed by atoms with van der Waals surface area (Å²) in [7, 11) is 0. The Labute approximate surface area is 390 Å². The van der Waals surface area contributed by atoms with Crippen molar-refractivity contribution in [3.8, 4) is 55.6 Å². The quantitative estimate of drug-likeness (QED) is 0.147. The maximum Gasteiger partial charge on any atom is 0.0540 e. The van der Waals surface area contributed by atoms with Crippen LogP contribution in [0.3, 0.4) is 0 Å². The fraction of sp³-hybridized carbons (Fsp3) is 0.138. The number of hydrogen-bond acceptors (Lipinski definition) is 1. The van der Waals surface area contributed by atoms with Gasteiger partial charge < -0.3 is 4.90 Å². The van der Waals surface area contributed by atoms with Crippen LogP contribution < -0.4 is 4.90 Å². The molecule has 1 unspecified atom stereocenters. The molecule has 0 aromatic heterocycles. The number of para-hydroxylation sites is 1. The molecule has 0 N–H and O–H groups in total. The van der Waals surface area contributed by atoms with Gasteiger partial charge in [0.25, 0.3) is 0 Å². The Bertz CT molecular complexity index is 3330. The highest BCUT2D eigenvalue weighted by atomic mass is 15.1. The van der Waals surface area contributed by atoms with Crippen LogP contribution in [0.2, 0.25) is 0 Å². The van der Waals surface area contributed by atoms with Crippen LogP contribution in [0.4, 0.5) is 11.4 Å². The lowest BCUT2D eigenvalue weighted by molar-refractivity contribution is 0.353. The average molecular weight is 848 g/mol. The van der Waals surface area contributed by atoms with Crippen LogP contribution >= 0.6 is 0 Å². The minimum atomic E-state index is -0.157. The van der Waals surface area contributed by atoms with Crippen molar-refractivity contribution in [1.29, 1.82) is 0 Å². The van der Waals surface area contributed by atoms with Gasteiger partial charge in [0.05, 0.1) is 5.69 Å².